The van der Waals surface area contributed by atoms with Crippen LogP contribution in [0, 0.1) is 13.8 Å². The molecule has 3 aromatic rings. The molecule has 2 aromatic carbocycles. The number of nitrogens with zero attached hydrogens (tertiary/aromatic N) is 1. The lowest BCUT2D eigenvalue weighted by atomic mass is 10.0. The summed E-state index contributed by atoms with van der Waals surface area (Å²) in [6.07, 6.45) is 0.565. The van der Waals surface area contributed by atoms with Crippen LogP contribution in [0.1, 0.15) is 30.7 Å². The number of rotatable bonds is 6. The van der Waals surface area contributed by atoms with Gasteiger partial charge >= 0.3 is 0 Å². The van der Waals surface area contributed by atoms with Gasteiger partial charge in [-0.25, -0.2) is 8.42 Å². The smallest absolute Gasteiger partial charge is 0.262 e. The molecule has 1 heterocycles. The first-order valence-electron chi connectivity index (χ1n) is 9.18. The molecule has 2 N–H and O–H groups in total. The van der Waals surface area contributed by atoms with Crippen molar-refractivity contribution in [3.8, 4) is 11.1 Å². The highest BCUT2D eigenvalue weighted by molar-refractivity contribution is 7.92. The second-order valence-electron chi connectivity index (χ2n) is 6.77. The van der Waals surface area contributed by atoms with E-state index in [-0.39, 0.29) is 16.7 Å². The first-order chi connectivity index (χ1) is 13.7. The number of aromatic nitrogens is 1. The number of aryl methyl sites for hydroxylation is 3. The van der Waals surface area contributed by atoms with Crippen LogP contribution >= 0.6 is 0 Å². The number of nitrogens with one attached hydrogen (secondary N) is 2. The number of carbonyl (C=O) groups is 1. The molecule has 152 valence electrons. The number of anilines is 2. The molecule has 0 bridgehead atoms. The Balaban J connectivity index is 2.09. The molecular formula is C21H23N3O4S. The first-order valence-corrected chi connectivity index (χ1v) is 10.7. The summed E-state index contributed by atoms with van der Waals surface area (Å²) >= 11 is 0. The molecule has 3 rings (SSSR count). The number of amides is 1. The van der Waals surface area contributed by atoms with Crippen LogP contribution < -0.4 is 10.0 Å². The van der Waals surface area contributed by atoms with E-state index in [1.54, 1.807) is 37.3 Å². The number of carbonyl (C=O) groups excluding carboxylic acids is 1. The highest BCUT2D eigenvalue weighted by atomic mass is 32.2. The van der Waals surface area contributed by atoms with E-state index < -0.39 is 10.0 Å². The average molecular weight is 413 g/mol. The third kappa shape index (κ3) is 4.32. The number of hydrogen-bond acceptors (Lipinski definition) is 5. The Morgan fingerprint density at radius 2 is 1.83 bits per heavy atom. The summed E-state index contributed by atoms with van der Waals surface area (Å²) in [7, 11) is -3.82. The molecule has 0 spiro atoms. The van der Waals surface area contributed by atoms with Gasteiger partial charge < -0.3 is 4.52 Å². The van der Waals surface area contributed by atoms with E-state index in [4.69, 9.17) is 4.52 Å². The van der Waals surface area contributed by atoms with Crippen molar-refractivity contribution in [3.63, 3.8) is 0 Å². The van der Waals surface area contributed by atoms with Crippen LogP contribution in [-0.4, -0.2) is 19.5 Å². The Morgan fingerprint density at radius 1 is 1.10 bits per heavy atom. The van der Waals surface area contributed by atoms with Crippen LogP contribution in [0.15, 0.2) is 51.9 Å². The highest BCUT2D eigenvalue weighted by Gasteiger charge is 2.23. The highest BCUT2D eigenvalue weighted by Crippen LogP contribution is 2.34. The van der Waals surface area contributed by atoms with Crippen molar-refractivity contribution >= 4 is 27.5 Å². The SMILES string of the molecule is CCc1noc(NC(C)=O)c1-c1ccc(C)c(S(=O)(=O)Nc2ccccc2C)c1. The minimum Gasteiger partial charge on any atom is -0.337 e. The molecule has 1 aromatic heterocycles. The van der Waals surface area contributed by atoms with Crippen LogP contribution in [-0.2, 0) is 21.2 Å². The molecule has 0 atom stereocenters. The van der Waals surface area contributed by atoms with Crippen molar-refractivity contribution in [2.45, 2.75) is 39.0 Å². The zero-order valence-electron chi connectivity index (χ0n) is 16.7. The average Bonchev–Trinajstić information content (AvgIpc) is 3.05. The second-order valence-corrected chi connectivity index (χ2v) is 8.42. The Kier molecular flexibility index (Phi) is 5.74. The minimum absolute atomic E-state index is 0.148. The van der Waals surface area contributed by atoms with Gasteiger partial charge in [0.1, 0.15) is 0 Å². The number of hydrogen-bond donors (Lipinski definition) is 2. The van der Waals surface area contributed by atoms with Gasteiger partial charge in [-0.2, -0.15) is 0 Å². The fraction of sp³-hybridized carbons (Fsp3) is 0.238. The lowest BCUT2D eigenvalue weighted by molar-refractivity contribution is -0.114. The van der Waals surface area contributed by atoms with Gasteiger partial charge in [0, 0.05) is 6.92 Å². The second kappa shape index (κ2) is 8.08. The van der Waals surface area contributed by atoms with Crippen LogP contribution in [0.25, 0.3) is 11.1 Å². The molecule has 29 heavy (non-hydrogen) atoms. The third-order valence-corrected chi connectivity index (χ3v) is 6.05. The maximum Gasteiger partial charge on any atom is 0.262 e. The van der Waals surface area contributed by atoms with E-state index in [2.05, 4.69) is 15.2 Å². The predicted octanol–water partition coefficient (Wildman–Crippen LogP) is 4.28. The van der Waals surface area contributed by atoms with Crippen molar-refractivity contribution in [2.24, 2.45) is 0 Å². The van der Waals surface area contributed by atoms with E-state index in [1.807, 2.05) is 26.0 Å². The molecule has 0 fully saturated rings. The summed E-state index contributed by atoms with van der Waals surface area (Å²) in [5, 5.41) is 6.62. The van der Waals surface area contributed by atoms with Crippen molar-refractivity contribution < 1.29 is 17.7 Å². The van der Waals surface area contributed by atoms with E-state index in [1.165, 1.54) is 6.92 Å². The summed E-state index contributed by atoms with van der Waals surface area (Å²) in [4.78, 5) is 11.7. The molecule has 0 aliphatic carbocycles. The fourth-order valence-corrected chi connectivity index (χ4v) is 4.44. The topological polar surface area (TPSA) is 101 Å². The Bertz CT molecular complexity index is 1170. The van der Waals surface area contributed by atoms with Gasteiger partial charge in [-0.15, -0.1) is 0 Å². The van der Waals surface area contributed by atoms with Crippen LogP contribution in [0.4, 0.5) is 11.6 Å². The molecule has 0 aliphatic heterocycles. The number of para-hydroxylation sites is 1. The molecule has 0 radical (unpaired) electrons. The lowest BCUT2D eigenvalue weighted by Gasteiger charge is -2.14. The molecule has 1 amide bonds. The van der Waals surface area contributed by atoms with Crippen LogP contribution in [0.5, 0.6) is 0 Å². The van der Waals surface area contributed by atoms with Crippen LogP contribution in [0.2, 0.25) is 0 Å². The standard InChI is InChI=1S/C21H23N3O4S/c1-5-17-20(21(28-23-17)22-15(4)25)16-11-10-14(3)19(12-16)29(26,27)24-18-9-7-6-8-13(18)2/h6-12,24H,5H2,1-4H3,(H,22,25). The largest absolute Gasteiger partial charge is 0.337 e. The molecule has 8 heteroatoms. The van der Waals surface area contributed by atoms with Crippen molar-refractivity contribution in [1.82, 2.24) is 5.16 Å². The van der Waals surface area contributed by atoms with Gasteiger partial charge in [0.05, 0.1) is 21.8 Å². The van der Waals surface area contributed by atoms with Gasteiger partial charge in [0.25, 0.3) is 10.0 Å². The molecule has 7 nitrogen and oxygen atoms in total. The van der Waals surface area contributed by atoms with Gasteiger partial charge in [0.15, 0.2) is 0 Å². The molecular weight excluding hydrogens is 390 g/mol. The van der Waals surface area contributed by atoms with Gasteiger partial charge in [-0.05, 0) is 49.1 Å². The summed E-state index contributed by atoms with van der Waals surface area (Å²) in [6.45, 7) is 6.85. The van der Waals surface area contributed by atoms with Crippen LogP contribution in [0.3, 0.4) is 0 Å². The maximum absolute atomic E-state index is 13.1. The maximum atomic E-state index is 13.1. The number of benzene rings is 2. The summed E-state index contributed by atoms with van der Waals surface area (Å²) < 4.78 is 34.1. The van der Waals surface area contributed by atoms with Crippen molar-refractivity contribution in [1.29, 1.82) is 0 Å². The zero-order valence-corrected chi connectivity index (χ0v) is 17.6. The molecule has 0 aliphatic rings. The van der Waals surface area contributed by atoms with E-state index >= 15 is 0 Å². The first kappa shape index (κ1) is 20.6. The predicted molar refractivity (Wildman–Crippen MR) is 112 cm³/mol. The lowest BCUT2D eigenvalue weighted by Crippen LogP contribution is -2.15. The van der Waals surface area contributed by atoms with Crippen molar-refractivity contribution in [2.75, 3.05) is 10.0 Å². The Labute approximate surface area is 170 Å². The summed E-state index contributed by atoms with van der Waals surface area (Å²) in [6, 6.07) is 12.3. The molecule has 0 saturated carbocycles. The van der Waals surface area contributed by atoms with Gasteiger partial charge in [-0.3, -0.25) is 14.8 Å². The fourth-order valence-electron chi connectivity index (χ4n) is 3.04. The van der Waals surface area contributed by atoms with Gasteiger partial charge in [0.2, 0.25) is 11.8 Å². The monoisotopic (exact) mass is 413 g/mol. The zero-order chi connectivity index (χ0) is 21.2. The normalized spacial score (nSPS) is 11.3. The van der Waals surface area contributed by atoms with E-state index in [0.717, 1.165) is 5.56 Å². The Hall–Kier alpha value is -3.13. The third-order valence-electron chi connectivity index (χ3n) is 4.54. The van der Waals surface area contributed by atoms with Crippen molar-refractivity contribution in [3.05, 3.63) is 59.3 Å². The quantitative estimate of drug-likeness (QED) is 0.628. The van der Waals surface area contributed by atoms with E-state index in [9.17, 15) is 13.2 Å². The molecule has 0 saturated heterocycles. The minimum atomic E-state index is -3.82. The Morgan fingerprint density at radius 3 is 2.48 bits per heavy atom. The number of sulfonamides is 1. The van der Waals surface area contributed by atoms with E-state index in [0.29, 0.717) is 34.5 Å². The summed E-state index contributed by atoms with van der Waals surface area (Å²) in [5.74, 6) is -0.0976. The summed E-state index contributed by atoms with van der Waals surface area (Å²) in [5.41, 5.74) is 3.76. The molecule has 0 unspecified atom stereocenters. The van der Waals surface area contributed by atoms with Gasteiger partial charge in [-0.1, -0.05) is 42.4 Å².